The van der Waals surface area contributed by atoms with E-state index in [1.165, 1.54) is 108 Å². The van der Waals surface area contributed by atoms with E-state index in [1.54, 1.807) is 6.07 Å². The summed E-state index contributed by atoms with van der Waals surface area (Å²) in [6, 6.07) is 8.00. The van der Waals surface area contributed by atoms with Crippen molar-refractivity contribution in [3.05, 3.63) is 40.2 Å². The molecule has 0 bridgehead atoms. The SMILES string of the molecule is CCCCCCCCCCN(CCCCCCCCCC)c1ccc2c(C)cc(=O)oc2c1. The summed E-state index contributed by atoms with van der Waals surface area (Å²) < 4.78 is 5.53. The Kier molecular flexibility index (Phi) is 14.0. The number of fused-ring (bicyclic) bond motifs is 1. The fraction of sp³-hybridized carbons (Fsp3) is 0.700. The molecule has 0 spiro atoms. The average Bonchev–Trinajstić information content (AvgIpc) is 2.80. The normalized spacial score (nSPS) is 11.4. The lowest BCUT2D eigenvalue weighted by atomic mass is 10.1. The molecular formula is C30H49NO2. The molecule has 1 aromatic carbocycles. The summed E-state index contributed by atoms with van der Waals surface area (Å²) >= 11 is 0. The fourth-order valence-electron chi connectivity index (χ4n) is 4.75. The van der Waals surface area contributed by atoms with Gasteiger partial charge in [-0.25, -0.2) is 4.79 Å². The summed E-state index contributed by atoms with van der Waals surface area (Å²) in [4.78, 5) is 14.4. The van der Waals surface area contributed by atoms with E-state index >= 15 is 0 Å². The van der Waals surface area contributed by atoms with Crippen LogP contribution in [0.1, 0.15) is 122 Å². The highest BCUT2D eigenvalue weighted by atomic mass is 16.4. The Morgan fingerprint density at radius 1 is 0.667 bits per heavy atom. The highest BCUT2D eigenvalue weighted by Gasteiger charge is 2.10. The lowest BCUT2D eigenvalue weighted by molar-refractivity contribution is 0.553. The van der Waals surface area contributed by atoms with Crippen molar-refractivity contribution in [2.45, 2.75) is 124 Å². The third kappa shape index (κ3) is 10.8. The van der Waals surface area contributed by atoms with Gasteiger partial charge in [0.25, 0.3) is 0 Å². The zero-order chi connectivity index (χ0) is 23.7. The maximum atomic E-state index is 11.9. The Balaban J connectivity index is 1.88. The Bertz CT molecular complexity index is 806. The molecule has 1 heterocycles. The van der Waals surface area contributed by atoms with Crippen molar-refractivity contribution in [1.29, 1.82) is 0 Å². The standard InChI is InChI=1S/C30H49NO2/c1-4-6-8-10-12-14-16-18-22-31(23-19-17-15-13-11-9-7-5-2)27-20-21-28-26(3)24-30(32)33-29(28)25-27/h20-21,24-25H,4-19,22-23H2,1-3H3. The quantitative estimate of drug-likeness (QED) is 0.156. The van der Waals surface area contributed by atoms with Gasteiger partial charge in [0.15, 0.2) is 0 Å². The minimum absolute atomic E-state index is 0.255. The zero-order valence-electron chi connectivity index (χ0n) is 21.8. The van der Waals surface area contributed by atoms with E-state index in [-0.39, 0.29) is 5.63 Å². The summed E-state index contributed by atoms with van der Waals surface area (Å²) in [5, 5.41) is 1.04. The van der Waals surface area contributed by atoms with E-state index in [2.05, 4.69) is 36.9 Å². The van der Waals surface area contributed by atoms with E-state index in [9.17, 15) is 4.79 Å². The van der Waals surface area contributed by atoms with Crippen LogP contribution in [-0.4, -0.2) is 13.1 Å². The molecule has 0 amide bonds. The largest absolute Gasteiger partial charge is 0.423 e. The van der Waals surface area contributed by atoms with Gasteiger partial charge in [-0.2, -0.15) is 0 Å². The minimum Gasteiger partial charge on any atom is -0.423 e. The summed E-state index contributed by atoms with van der Waals surface area (Å²) in [5.74, 6) is 0. The predicted octanol–water partition coefficient (Wildman–Crippen LogP) is 9.19. The summed E-state index contributed by atoms with van der Waals surface area (Å²) in [6.45, 7) is 8.72. The number of anilines is 1. The molecule has 0 aliphatic carbocycles. The minimum atomic E-state index is -0.255. The van der Waals surface area contributed by atoms with Gasteiger partial charge in [0, 0.05) is 36.3 Å². The van der Waals surface area contributed by atoms with E-state index in [4.69, 9.17) is 4.42 Å². The molecular weight excluding hydrogens is 406 g/mol. The number of nitrogens with zero attached hydrogens (tertiary/aromatic N) is 1. The topological polar surface area (TPSA) is 33.5 Å². The number of benzene rings is 1. The fourth-order valence-corrected chi connectivity index (χ4v) is 4.75. The van der Waals surface area contributed by atoms with Crippen LogP contribution in [0.3, 0.4) is 0 Å². The van der Waals surface area contributed by atoms with Gasteiger partial charge >= 0.3 is 5.63 Å². The molecule has 0 aliphatic heterocycles. The molecule has 0 aliphatic rings. The molecule has 0 saturated heterocycles. The lowest BCUT2D eigenvalue weighted by Crippen LogP contribution is -2.25. The van der Waals surface area contributed by atoms with E-state index < -0.39 is 0 Å². The molecule has 0 radical (unpaired) electrons. The smallest absolute Gasteiger partial charge is 0.336 e. The van der Waals surface area contributed by atoms with Gasteiger partial charge in [-0.05, 0) is 37.5 Å². The molecule has 0 fully saturated rings. The van der Waals surface area contributed by atoms with Crippen molar-refractivity contribution in [1.82, 2.24) is 0 Å². The van der Waals surface area contributed by atoms with Crippen molar-refractivity contribution < 1.29 is 4.42 Å². The molecule has 3 nitrogen and oxygen atoms in total. The molecule has 186 valence electrons. The van der Waals surface area contributed by atoms with Gasteiger partial charge in [-0.3, -0.25) is 0 Å². The van der Waals surface area contributed by atoms with Crippen LogP contribution >= 0.6 is 0 Å². The molecule has 2 rings (SSSR count). The first-order chi connectivity index (χ1) is 16.2. The van der Waals surface area contributed by atoms with Crippen molar-refractivity contribution in [2.75, 3.05) is 18.0 Å². The Labute approximate surface area is 203 Å². The second-order valence-corrected chi connectivity index (χ2v) is 9.87. The first-order valence-electron chi connectivity index (χ1n) is 13.9. The van der Waals surface area contributed by atoms with E-state index in [0.717, 1.165) is 24.0 Å². The summed E-state index contributed by atoms with van der Waals surface area (Å²) in [6.07, 6.45) is 21.5. The van der Waals surface area contributed by atoms with Gasteiger partial charge in [-0.1, -0.05) is 104 Å². The van der Waals surface area contributed by atoms with Crippen molar-refractivity contribution in [2.24, 2.45) is 0 Å². The van der Waals surface area contributed by atoms with Gasteiger partial charge < -0.3 is 9.32 Å². The molecule has 3 heteroatoms. The van der Waals surface area contributed by atoms with Gasteiger partial charge in [0.1, 0.15) is 5.58 Å². The Morgan fingerprint density at radius 2 is 1.15 bits per heavy atom. The number of aryl methyl sites for hydroxylation is 1. The van der Waals surface area contributed by atoms with Gasteiger partial charge in [-0.15, -0.1) is 0 Å². The average molecular weight is 456 g/mol. The van der Waals surface area contributed by atoms with Gasteiger partial charge in [0.2, 0.25) is 0 Å². The summed E-state index contributed by atoms with van der Waals surface area (Å²) in [5.41, 5.74) is 2.65. The van der Waals surface area contributed by atoms with E-state index in [1.807, 2.05) is 6.92 Å². The van der Waals surface area contributed by atoms with Crippen LogP contribution in [0.25, 0.3) is 11.0 Å². The molecule has 33 heavy (non-hydrogen) atoms. The van der Waals surface area contributed by atoms with Gasteiger partial charge in [0.05, 0.1) is 0 Å². The van der Waals surface area contributed by atoms with E-state index in [0.29, 0.717) is 5.58 Å². The Hall–Kier alpha value is -1.77. The third-order valence-electron chi connectivity index (χ3n) is 6.86. The van der Waals surface area contributed by atoms with Crippen LogP contribution in [0.4, 0.5) is 5.69 Å². The first kappa shape index (κ1) is 27.5. The molecule has 2 aromatic rings. The number of hydrogen-bond acceptors (Lipinski definition) is 3. The summed E-state index contributed by atoms with van der Waals surface area (Å²) in [7, 11) is 0. The van der Waals surface area contributed by atoms with Crippen molar-refractivity contribution >= 4 is 16.7 Å². The van der Waals surface area contributed by atoms with Crippen LogP contribution in [0.2, 0.25) is 0 Å². The second-order valence-electron chi connectivity index (χ2n) is 9.87. The maximum Gasteiger partial charge on any atom is 0.336 e. The van der Waals surface area contributed by atoms with Crippen LogP contribution in [-0.2, 0) is 0 Å². The molecule has 0 unspecified atom stereocenters. The lowest BCUT2D eigenvalue weighted by Gasteiger charge is -2.25. The molecule has 1 aromatic heterocycles. The second kappa shape index (κ2) is 16.8. The van der Waals surface area contributed by atoms with Crippen LogP contribution in [0, 0.1) is 6.92 Å². The molecule has 0 N–H and O–H groups in total. The van der Waals surface area contributed by atoms with Crippen LogP contribution in [0.15, 0.2) is 33.5 Å². The third-order valence-corrected chi connectivity index (χ3v) is 6.86. The highest BCUT2D eigenvalue weighted by Crippen LogP contribution is 2.25. The zero-order valence-corrected chi connectivity index (χ0v) is 21.8. The molecule has 0 atom stereocenters. The maximum absolute atomic E-state index is 11.9. The number of rotatable bonds is 19. The van der Waals surface area contributed by atoms with Crippen LogP contribution < -0.4 is 10.5 Å². The number of unbranched alkanes of at least 4 members (excludes halogenated alkanes) is 14. The van der Waals surface area contributed by atoms with Crippen molar-refractivity contribution in [3.63, 3.8) is 0 Å². The predicted molar refractivity (Wildman–Crippen MR) is 145 cm³/mol. The molecule has 0 saturated carbocycles. The number of hydrogen-bond donors (Lipinski definition) is 0. The highest BCUT2D eigenvalue weighted by molar-refractivity contribution is 5.83. The monoisotopic (exact) mass is 455 g/mol. The van der Waals surface area contributed by atoms with Crippen LogP contribution in [0.5, 0.6) is 0 Å². The first-order valence-corrected chi connectivity index (χ1v) is 13.9. The van der Waals surface area contributed by atoms with Crippen molar-refractivity contribution in [3.8, 4) is 0 Å². The Morgan fingerprint density at radius 3 is 1.67 bits per heavy atom.